The van der Waals surface area contributed by atoms with E-state index in [0.29, 0.717) is 11.4 Å². The topological polar surface area (TPSA) is 46.2 Å². The SMILES string of the molecule is CCCCCCNS(=O)(=O)c1cccc2ccccc12. The maximum absolute atomic E-state index is 12.4. The van der Waals surface area contributed by atoms with Gasteiger partial charge < -0.3 is 0 Å². The predicted molar refractivity (Wildman–Crippen MR) is 83.3 cm³/mol. The van der Waals surface area contributed by atoms with Gasteiger partial charge in [-0.05, 0) is 17.9 Å². The van der Waals surface area contributed by atoms with Crippen LogP contribution in [-0.4, -0.2) is 15.0 Å². The Morgan fingerprint density at radius 1 is 0.950 bits per heavy atom. The van der Waals surface area contributed by atoms with Crippen LogP contribution in [0.15, 0.2) is 47.4 Å². The number of fused-ring (bicyclic) bond motifs is 1. The van der Waals surface area contributed by atoms with E-state index >= 15 is 0 Å². The fourth-order valence-electron chi connectivity index (χ4n) is 2.27. The molecule has 0 spiro atoms. The highest BCUT2D eigenvalue weighted by Crippen LogP contribution is 2.22. The zero-order valence-corrected chi connectivity index (χ0v) is 12.6. The molecule has 2 rings (SSSR count). The number of sulfonamides is 1. The van der Waals surface area contributed by atoms with Gasteiger partial charge in [-0.25, -0.2) is 13.1 Å². The molecule has 0 fully saturated rings. The van der Waals surface area contributed by atoms with E-state index in [1.54, 1.807) is 12.1 Å². The van der Waals surface area contributed by atoms with Crippen molar-refractivity contribution >= 4 is 20.8 Å². The number of hydrogen-bond acceptors (Lipinski definition) is 2. The van der Waals surface area contributed by atoms with E-state index < -0.39 is 10.0 Å². The first-order chi connectivity index (χ1) is 9.65. The Balaban J connectivity index is 2.15. The van der Waals surface area contributed by atoms with Crippen LogP contribution in [0, 0.1) is 0 Å². The maximum atomic E-state index is 12.4. The van der Waals surface area contributed by atoms with Crippen molar-refractivity contribution in [3.8, 4) is 0 Å². The molecule has 1 N–H and O–H groups in total. The minimum Gasteiger partial charge on any atom is -0.211 e. The largest absolute Gasteiger partial charge is 0.241 e. The number of rotatable bonds is 7. The smallest absolute Gasteiger partial charge is 0.211 e. The average molecular weight is 291 g/mol. The van der Waals surface area contributed by atoms with Gasteiger partial charge in [-0.15, -0.1) is 0 Å². The molecular formula is C16H21NO2S. The third-order valence-corrected chi connectivity index (χ3v) is 4.88. The van der Waals surface area contributed by atoms with Gasteiger partial charge in [0.05, 0.1) is 4.90 Å². The first kappa shape index (κ1) is 15.0. The van der Waals surface area contributed by atoms with Gasteiger partial charge in [0.1, 0.15) is 0 Å². The lowest BCUT2D eigenvalue weighted by atomic mass is 10.1. The Morgan fingerprint density at radius 2 is 1.70 bits per heavy atom. The molecule has 3 nitrogen and oxygen atoms in total. The molecule has 0 aromatic heterocycles. The van der Waals surface area contributed by atoms with Gasteiger partial charge in [-0.3, -0.25) is 0 Å². The second-order valence-electron chi connectivity index (χ2n) is 4.94. The summed E-state index contributed by atoms with van der Waals surface area (Å²) in [6, 6.07) is 12.9. The fraction of sp³-hybridized carbons (Fsp3) is 0.375. The lowest BCUT2D eigenvalue weighted by Gasteiger charge is -2.09. The van der Waals surface area contributed by atoms with Gasteiger partial charge in [0.25, 0.3) is 0 Å². The summed E-state index contributed by atoms with van der Waals surface area (Å²) in [6.07, 6.45) is 4.25. The molecule has 2 aromatic carbocycles. The Morgan fingerprint density at radius 3 is 2.50 bits per heavy atom. The minimum absolute atomic E-state index is 0.367. The van der Waals surface area contributed by atoms with Gasteiger partial charge in [-0.1, -0.05) is 62.6 Å². The van der Waals surface area contributed by atoms with Crippen molar-refractivity contribution in [3.63, 3.8) is 0 Å². The Bertz CT molecular complexity index is 660. The fourth-order valence-corrected chi connectivity index (χ4v) is 3.57. The van der Waals surface area contributed by atoms with Gasteiger partial charge in [0.15, 0.2) is 0 Å². The van der Waals surface area contributed by atoms with Gasteiger partial charge in [0, 0.05) is 11.9 Å². The van der Waals surface area contributed by atoms with E-state index in [4.69, 9.17) is 0 Å². The Kier molecular flexibility index (Phi) is 5.15. The molecule has 0 radical (unpaired) electrons. The van der Waals surface area contributed by atoms with Crippen molar-refractivity contribution in [1.82, 2.24) is 4.72 Å². The molecule has 20 heavy (non-hydrogen) atoms. The summed E-state index contributed by atoms with van der Waals surface area (Å²) in [5.74, 6) is 0. The minimum atomic E-state index is -3.42. The molecule has 0 atom stereocenters. The molecule has 4 heteroatoms. The number of benzene rings is 2. The quantitative estimate of drug-likeness (QED) is 0.791. The van der Waals surface area contributed by atoms with Crippen molar-refractivity contribution in [2.75, 3.05) is 6.54 Å². The summed E-state index contributed by atoms with van der Waals surface area (Å²) in [5.41, 5.74) is 0. The summed E-state index contributed by atoms with van der Waals surface area (Å²) in [6.45, 7) is 2.64. The molecule has 2 aromatic rings. The van der Waals surface area contributed by atoms with E-state index in [1.807, 2.05) is 30.3 Å². The molecule has 0 amide bonds. The molecule has 0 heterocycles. The summed E-state index contributed by atoms with van der Waals surface area (Å²) < 4.78 is 27.4. The van der Waals surface area contributed by atoms with Crippen molar-refractivity contribution in [1.29, 1.82) is 0 Å². The van der Waals surface area contributed by atoms with Crippen LogP contribution in [-0.2, 0) is 10.0 Å². The molecule has 108 valence electrons. The van der Waals surface area contributed by atoms with E-state index in [9.17, 15) is 8.42 Å². The third kappa shape index (κ3) is 3.58. The van der Waals surface area contributed by atoms with Crippen LogP contribution in [0.2, 0.25) is 0 Å². The van der Waals surface area contributed by atoms with E-state index in [0.717, 1.165) is 36.5 Å². The first-order valence-corrected chi connectivity index (χ1v) is 8.61. The average Bonchev–Trinajstić information content (AvgIpc) is 2.46. The zero-order chi connectivity index (χ0) is 14.4. The van der Waals surface area contributed by atoms with Gasteiger partial charge in [-0.2, -0.15) is 0 Å². The van der Waals surface area contributed by atoms with Crippen molar-refractivity contribution in [3.05, 3.63) is 42.5 Å². The molecular weight excluding hydrogens is 270 g/mol. The Hall–Kier alpha value is -1.39. The van der Waals surface area contributed by atoms with Crippen molar-refractivity contribution < 1.29 is 8.42 Å². The van der Waals surface area contributed by atoms with Crippen LogP contribution < -0.4 is 4.72 Å². The van der Waals surface area contributed by atoms with Crippen LogP contribution in [0.25, 0.3) is 10.8 Å². The van der Waals surface area contributed by atoms with E-state index in [2.05, 4.69) is 11.6 Å². The Labute approximate surface area is 121 Å². The normalized spacial score (nSPS) is 11.8. The van der Waals surface area contributed by atoms with Gasteiger partial charge in [0.2, 0.25) is 10.0 Å². The standard InChI is InChI=1S/C16H21NO2S/c1-2-3-4-7-13-17-20(18,19)16-12-8-10-14-9-5-6-11-15(14)16/h5-6,8-12,17H,2-4,7,13H2,1H3. The molecule has 0 unspecified atom stereocenters. The van der Waals surface area contributed by atoms with Crippen molar-refractivity contribution in [2.45, 2.75) is 37.5 Å². The van der Waals surface area contributed by atoms with Crippen molar-refractivity contribution in [2.24, 2.45) is 0 Å². The molecule has 0 bridgehead atoms. The number of nitrogens with one attached hydrogen (secondary N) is 1. The molecule has 0 saturated heterocycles. The van der Waals surface area contributed by atoms with E-state index in [1.165, 1.54) is 0 Å². The summed E-state index contributed by atoms with van der Waals surface area (Å²) in [4.78, 5) is 0.367. The number of unbranched alkanes of at least 4 members (excludes halogenated alkanes) is 3. The van der Waals surface area contributed by atoms with Crippen LogP contribution >= 0.6 is 0 Å². The highest BCUT2D eigenvalue weighted by Gasteiger charge is 2.15. The number of hydrogen-bond donors (Lipinski definition) is 1. The molecule has 0 saturated carbocycles. The monoisotopic (exact) mass is 291 g/mol. The third-order valence-electron chi connectivity index (χ3n) is 3.36. The summed E-state index contributed by atoms with van der Waals surface area (Å²) >= 11 is 0. The second-order valence-corrected chi connectivity index (χ2v) is 6.67. The lowest BCUT2D eigenvalue weighted by Crippen LogP contribution is -2.25. The van der Waals surface area contributed by atoms with E-state index in [-0.39, 0.29) is 0 Å². The predicted octanol–water partition coefficient (Wildman–Crippen LogP) is 3.70. The highest BCUT2D eigenvalue weighted by atomic mass is 32.2. The zero-order valence-electron chi connectivity index (χ0n) is 11.8. The van der Waals surface area contributed by atoms with Crippen LogP contribution in [0.5, 0.6) is 0 Å². The maximum Gasteiger partial charge on any atom is 0.241 e. The molecule has 0 aliphatic heterocycles. The summed E-state index contributed by atoms with van der Waals surface area (Å²) in [5, 5.41) is 1.72. The van der Waals surface area contributed by atoms with Crippen LogP contribution in [0.1, 0.15) is 32.6 Å². The lowest BCUT2D eigenvalue weighted by molar-refractivity contribution is 0.574. The molecule has 0 aliphatic rings. The first-order valence-electron chi connectivity index (χ1n) is 7.12. The van der Waals surface area contributed by atoms with Gasteiger partial charge >= 0.3 is 0 Å². The van der Waals surface area contributed by atoms with Crippen LogP contribution in [0.3, 0.4) is 0 Å². The summed E-state index contributed by atoms with van der Waals surface area (Å²) in [7, 11) is -3.42. The van der Waals surface area contributed by atoms with Crippen LogP contribution in [0.4, 0.5) is 0 Å². The second kappa shape index (κ2) is 6.86. The molecule has 0 aliphatic carbocycles. The highest BCUT2D eigenvalue weighted by molar-refractivity contribution is 7.89.